The summed E-state index contributed by atoms with van der Waals surface area (Å²) in [6, 6.07) is 17.1. The monoisotopic (exact) mass is 481 g/mol. The standard InChI is InChI=1S/C22H27NO9S/c1-15(24)23-19-21(30-13-17-10-6-3-7-11-17)20(32-33(26,27)28)18(31-22(19)25)14-29-12-16-8-4-2-5-9-16/h2-11,18-22,25H,12-14H2,1H3,(H,23,24)(H,26,27,28)/t18?,19?,20?,21?,22-/m1/s1. The van der Waals surface area contributed by atoms with Gasteiger partial charge in [0.05, 0.1) is 19.8 Å². The van der Waals surface area contributed by atoms with E-state index < -0.39 is 46.9 Å². The van der Waals surface area contributed by atoms with E-state index in [1.807, 2.05) is 36.4 Å². The first-order chi connectivity index (χ1) is 15.7. The Morgan fingerprint density at radius 1 is 1.00 bits per heavy atom. The van der Waals surface area contributed by atoms with Crippen LogP contribution in [0.1, 0.15) is 18.1 Å². The molecule has 3 rings (SSSR count). The average molecular weight is 482 g/mol. The lowest BCUT2D eigenvalue weighted by Crippen LogP contribution is -2.65. The van der Waals surface area contributed by atoms with E-state index in [0.717, 1.165) is 11.1 Å². The van der Waals surface area contributed by atoms with Gasteiger partial charge in [0.1, 0.15) is 24.4 Å². The van der Waals surface area contributed by atoms with Crippen LogP contribution in [0, 0.1) is 0 Å². The summed E-state index contributed by atoms with van der Waals surface area (Å²) in [5.74, 6) is -0.500. The molecule has 1 aliphatic heterocycles. The van der Waals surface area contributed by atoms with Gasteiger partial charge in [0.15, 0.2) is 6.29 Å². The Morgan fingerprint density at radius 2 is 1.58 bits per heavy atom. The summed E-state index contributed by atoms with van der Waals surface area (Å²) in [6.07, 6.45) is -5.28. The normalized spacial score (nSPS) is 25.5. The first-order valence-corrected chi connectivity index (χ1v) is 11.6. The number of ether oxygens (including phenoxy) is 3. The van der Waals surface area contributed by atoms with Gasteiger partial charge in [0.2, 0.25) is 5.91 Å². The van der Waals surface area contributed by atoms with E-state index >= 15 is 0 Å². The van der Waals surface area contributed by atoms with Crippen LogP contribution in [0.4, 0.5) is 0 Å². The third-order valence-electron chi connectivity index (χ3n) is 4.95. The summed E-state index contributed by atoms with van der Waals surface area (Å²) in [4.78, 5) is 11.7. The lowest BCUT2D eigenvalue weighted by Gasteiger charge is -2.43. The number of aliphatic hydroxyl groups is 1. The number of benzene rings is 2. The molecule has 0 bridgehead atoms. The quantitative estimate of drug-likeness (QED) is 0.427. The molecule has 180 valence electrons. The SMILES string of the molecule is CC(=O)NC1C(OCc2ccccc2)C(OS(=O)(=O)O)C(COCc2ccccc2)O[C@H]1O. The van der Waals surface area contributed by atoms with Crippen molar-refractivity contribution in [3.05, 3.63) is 71.8 Å². The Labute approximate surface area is 192 Å². The second-order valence-electron chi connectivity index (χ2n) is 7.54. The summed E-state index contributed by atoms with van der Waals surface area (Å²) in [5, 5.41) is 13.0. The molecule has 2 aromatic rings. The number of nitrogens with one attached hydrogen (secondary N) is 1. The second kappa shape index (κ2) is 11.7. The van der Waals surface area contributed by atoms with Crippen molar-refractivity contribution < 1.29 is 41.3 Å². The van der Waals surface area contributed by atoms with Gasteiger partial charge in [-0.25, -0.2) is 4.18 Å². The average Bonchev–Trinajstić information content (AvgIpc) is 2.76. The molecule has 1 saturated heterocycles. The van der Waals surface area contributed by atoms with Gasteiger partial charge in [0, 0.05) is 6.92 Å². The van der Waals surface area contributed by atoms with E-state index in [9.17, 15) is 22.9 Å². The maximum atomic E-state index is 11.7. The number of rotatable bonds is 10. The molecule has 1 heterocycles. The summed E-state index contributed by atoms with van der Waals surface area (Å²) < 4.78 is 54.5. The molecule has 33 heavy (non-hydrogen) atoms. The molecule has 0 saturated carbocycles. The lowest BCUT2D eigenvalue weighted by molar-refractivity contribution is -0.261. The van der Waals surface area contributed by atoms with E-state index in [0.29, 0.717) is 0 Å². The van der Waals surface area contributed by atoms with Crippen molar-refractivity contribution in [2.45, 2.75) is 50.8 Å². The molecule has 4 unspecified atom stereocenters. The molecular formula is C22H27NO9S. The second-order valence-corrected chi connectivity index (χ2v) is 8.59. The van der Waals surface area contributed by atoms with Crippen LogP contribution in [-0.2, 0) is 46.8 Å². The first-order valence-electron chi connectivity index (χ1n) is 10.3. The van der Waals surface area contributed by atoms with Crippen molar-refractivity contribution in [3.63, 3.8) is 0 Å². The maximum Gasteiger partial charge on any atom is 0.397 e. The highest BCUT2D eigenvalue weighted by Gasteiger charge is 2.49. The number of carbonyl (C=O) groups excluding carboxylic acids is 1. The largest absolute Gasteiger partial charge is 0.397 e. The molecule has 1 fully saturated rings. The van der Waals surface area contributed by atoms with E-state index in [2.05, 4.69) is 5.32 Å². The highest BCUT2D eigenvalue weighted by molar-refractivity contribution is 7.80. The van der Waals surface area contributed by atoms with Crippen molar-refractivity contribution in [1.29, 1.82) is 0 Å². The van der Waals surface area contributed by atoms with Gasteiger partial charge in [-0.2, -0.15) is 8.42 Å². The van der Waals surface area contributed by atoms with E-state index in [4.69, 9.17) is 18.4 Å². The van der Waals surface area contributed by atoms with Gasteiger partial charge in [-0.1, -0.05) is 60.7 Å². The molecule has 0 aromatic heterocycles. The fourth-order valence-corrected chi connectivity index (χ4v) is 4.05. The van der Waals surface area contributed by atoms with E-state index in [1.165, 1.54) is 6.92 Å². The van der Waals surface area contributed by atoms with Crippen molar-refractivity contribution in [2.75, 3.05) is 6.61 Å². The smallest absolute Gasteiger partial charge is 0.374 e. The maximum absolute atomic E-state index is 11.7. The summed E-state index contributed by atoms with van der Waals surface area (Å²) in [5.41, 5.74) is 1.64. The van der Waals surface area contributed by atoms with Gasteiger partial charge >= 0.3 is 10.4 Å². The van der Waals surface area contributed by atoms with Gasteiger partial charge in [-0.3, -0.25) is 9.35 Å². The Morgan fingerprint density at radius 3 is 2.12 bits per heavy atom. The third-order valence-corrected chi connectivity index (χ3v) is 5.41. The van der Waals surface area contributed by atoms with Crippen LogP contribution in [0.25, 0.3) is 0 Å². The fraction of sp³-hybridized carbons (Fsp3) is 0.409. The zero-order valence-electron chi connectivity index (χ0n) is 17.9. The number of hydrogen-bond donors (Lipinski definition) is 3. The minimum atomic E-state index is -4.93. The molecule has 10 nitrogen and oxygen atoms in total. The van der Waals surface area contributed by atoms with Gasteiger partial charge in [0.25, 0.3) is 0 Å². The number of aliphatic hydroxyl groups excluding tert-OH is 1. The van der Waals surface area contributed by atoms with Gasteiger partial charge in [-0.05, 0) is 11.1 Å². The van der Waals surface area contributed by atoms with E-state index in [-0.39, 0.29) is 19.8 Å². The molecule has 0 radical (unpaired) electrons. The Balaban J connectivity index is 1.81. The summed E-state index contributed by atoms with van der Waals surface area (Å²) >= 11 is 0. The lowest BCUT2D eigenvalue weighted by atomic mass is 9.96. The van der Waals surface area contributed by atoms with Gasteiger partial charge in [-0.15, -0.1) is 0 Å². The van der Waals surface area contributed by atoms with Crippen LogP contribution in [0.15, 0.2) is 60.7 Å². The molecule has 1 amide bonds. The predicted octanol–water partition coefficient (Wildman–Crippen LogP) is 1.20. The highest BCUT2D eigenvalue weighted by Crippen LogP contribution is 2.27. The molecule has 11 heteroatoms. The Kier molecular flexibility index (Phi) is 8.92. The minimum absolute atomic E-state index is 0.0250. The Bertz CT molecular complexity index is 987. The Hall–Kier alpha value is -2.38. The van der Waals surface area contributed by atoms with Crippen molar-refractivity contribution in [1.82, 2.24) is 5.32 Å². The zero-order chi connectivity index (χ0) is 23.8. The highest BCUT2D eigenvalue weighted by atomic mass is 32.3. The fourth-order valence-electron chi connectivity index (χ4n) is 3.53. The van der Waals surface area contributed by atoms with Crippen molar-refractivity contribution in [3.8, 4) is 0 Å². The van der Waals surface area contributed by atoms with E-state index in [1.54, 1.807) is 24.3 Å². The van der Waals surface area contributed by atoms with Crippen LogP contribution >= 0.6 is 0 Å². The summed E-state index contributed by atoms with van der Waals surface area (Å²) in [6.45, 7) is 1.27. The molecule has 1 aliphatic rings. The topological polar surface area (TPSA) is 141 Å². The molecule has 5 atom stereocenters. The summed E-state index contributed by atoms with van der Waals surface area (Å²) in [7, 11) is -4.93. The van der Waals surface area contributed by atoms with Gasteiger partial charge < -0.3 is 24.6 Å². The van der Waals surface area contributed by atoms with Crippen LogP contribution < -0.4 is 5.32 Å². The van der Waals surface area contributed by atoms with Crippen LogP contribution in [-0.4, -0.2) is 61.2 Å². The third kappa shape index (κ3) is 7.86. The number of carbonyl (C=O) groups is 1. The molecule has 0 aliphatic carbocycles. The zero-order valence-corrected chi connectivity index (χ0v) is 18.8. The minimum Gasteiger partial charge on any atom is -0.374 e. The van der Waals surface area contributed by atoms with Crippen LogP contribution in [0.5, 0.6) is 0 Å². The molecular weight excluding hydrogens is 454 g/mol. The van der Waals surface area contributed by atoms with Crippen molar-refractivity contribution in [2.24, 2.45) is 0 Å². The molecule has 2 aromatic carbocycles. The van der Waals surface area contributed by atoms with Crippen LogP contribution in [0.3, 0.4) is 0 Å². The molecule has 3 N–H and O–H groups in total. The predicted molar refractivity (Wildman–Crippen MR) is 116 cm³/mol. The van der Waals surface area contributed by atoms with Crippen molar-refractivity contribution >= 4 is 16.3 Å². The molecule has 0 spiro atoms. The number of hydrogen-bond acceptors (Lipinski definition) is 8. The van der Waals surface area contributed by atoms with Crippen LogP contribution in [0.2, 0.25) is 0 Å². The first kappa shape index (κ1) is 25.2. The number of amides is 1.